The van der Waals surface area contributed by atoms with Crippen LogP contribution in [0.1, 0.15) is 55.3 Å². The van der Waals surface area contributed by atoms with Crippen LogP contribution < -0.4 is 16.2 Å². The molecule has 8 heteroatoms. The zero-order chi connectivity index (χ0) is 23.9. The van der Waals surface area contributed by atoms with Crippen molar-refractivity contribution in [3.05, 3.63) is 51.4 Å². The Hall–Kier alpha value is -3.44. The predicted octanol–water partition coefficient (Wildman–Crippen LogP) is 2.47. The number of nitrogens with zero attached hydrogens (tertiary/aromatic N) is 6. The molecule has 1 saturated heterocycles. The first-order chi connectivity index (χ1) is 17.1. The fourth-order valence-corrected chi connectivity index (χ4v) is 5.35. The number of nitrogens with two attached hydrogens (primary N) is 1. The van der Waals surface area contributed by atoms with Crippen LogP contribution in [0.25, 0.3) is 11.0 Å². The van der Waals surface area contributed by atoms with E-state index < -0.39 is 0 Å². The third-order valence-corrected chi connectivity index (χ3v) is 7.29. The first-order valence-corrected chi connectivity index (χ1v) is 12.7. The summed E-state index contributed by atoms with van der Waals surface area (Å²) < 4.78 is 3.60. The van der Waals surface area contributed by atoms with Gasteiger partial charge in [0.05, 0.1) is 24.5 Å². The first kappa shape index (κ1) is 22.1. The largest absolute Gasteiger partial charge is 0.341 e. The third kappa shape index (κ3) is 4.04. The Balaban J connectivity index is 1.50. The molecule has 1 aliphatic carbocycles. The lowest BCUT2D eigenvalue weighted by Gasteiger charge is -2.31. The van der Waals surface area contributed by atoms with Gasteiger partial charge in [-0.1, -0.05) is 30.2 Å². The zero-order valence-corrected chi connectivity index (χ0v) is 20.2. The molecule has 3 aromatic rings. The Bertz CT molecular complexity index is 1430. The second-order valence-electron chi connectivity index (χ2n) is 9.83. The number of anilines is 1. The van der Waals surface area contributed by atoms with Gasteiger partial charge in [0.25, 0.3) is 5.56 Å². The molecule has 1 atom stereocenters. The highest BCUT2D eigenvalue weighted by Crippen LogP contribution is 2.41. The Kier molecular flexibility index (Phi) is 5.65. The number of fused-ring (bicyclic) bond motifs is 2. The highest BCUT2D eigenvalue weighted by molar-refractivity contribution is 6.02. The fourth-order valence-electron chi connectivity index (χ4n) is 5.35. The summed E-state index contributed by atoms with van der Waals surface area (Å²) in [7, 11) is 0. The molecule has 4 heterocycles. The standard InChI is InChI=1S/C27H31N7O/c1-2-3-15-33-25-24(30-27(33)32-14-6-8-20(28)16-32)23(19-10-11-19)31-34(26(25)35)17-22-21-9-5-4-7-18(21)12-13-29-22/h4-5,7,9,19-20H,6,8,10-17,28H2,1H3. The van der Waals surface area contributed by atoms with Gasteiger partial charge in [-0.05, 0) is 44.6 Å². The molecule has 3 aliphatic rings. The molecule has 6 rings (SSSR count). The molecule has 0 radical (unpaired) electrons. The summed E-state index contributed by atoms with van der Waals surface area (Å²) in [6, 6.07) is 8.44. The molecule has 2 N–H and O–H groups in total. The van der Waals surface area contributed by atoms with Crippen molar-refractivity contribution in [2.75, 3.05) is 24.5 Å². The molecule has 2 fully saturated rings. The van der Waals surface area contributed by atoms with E-state index in [1.807, 2.05) is 17.6 Å². The van der Waals surface area contributed by atoms with Gasteiger partial charge in [0, 0.05) is 37.2 Å². The molecule has 0 amide bonds. The van der Waals surface area contributed by atoms with Crippen LogP contribution in [0.4, 0.5) is 5.95 Å². The van der Waals surface area contributed by atoms with E-state index in [2.05, 4.69) is 34.9 Å². The van der Waals surface area contributed by atoms with Gasteiger partial charge in [-0.2, -0.15) is 5.10 Å². The van der Waals surface area contributed by atoms with Crippen molar-refractivity contribution in [1.29, 1.82) is 0 Å². The molecule has 2 aromatic heterocycles. The Labute approximate surface area is 204 Å². The molecular weight excluding hydrogens is 438 g/mol. The summed E-state index contributed by atoms with van der Waals surface area (Å²) in [4.78, 5) is 26.0. The van der Waals surface area contributed by atoms with Crippen LogP contribution in [-0.4, -0.2) is 50.7 Å². The molecule has 1 saturated carbocycles. The molecular formula is C27H31N7O. The summed E-state index contributed by atoms with van der Waals surface area (Å²) in [5.41, 5.74) is 11.7. The minimum absolute atomic E-state index is 0.108. The summed E-state index contributed by atoms with van der Waals surface area (Å²) in [6.07, 6.45) is 5.11. The van der Waals surface area contributed by atoms with E-state index in [4.69, 9.17) is 20.8 Å². The van der Waals surface area contributed by atoms with Gasteiger partial charge >= 0.3 is 0 Å². The molecule has 180 valence electrons. The van der Waals surface area contributed by atoms with E-state index in [9.17, 15) is 4.79 Å². The molecule has 8 nitrogen and oxygen atoms in total. The van der Waals surface area contributed by atoms with Crippen LogP contribution in [0.2, 0.25) is 0 Å². The van der Waals surface area contributed by atoms with Crippen molar-refractivity contribution in [1.82, 2.24) is 19.3 Å². The first-order valence-electron chi connectivity index (χ1n) is 12.7. The van der Waals surface area contributed by atoms with Crippen LogP contribution in [0.15, 0.2) is 34.1 Å². The van der Waals surface area contributed by atoms with Crippen molar-refractivity contribution >= 4 is 22.7 Å². The number of aliphatic imine (C=N–C) groups is 1. The average molecular weight is 470 g/mol. The third-order valence-electron chi connectivity index (χ3n) is 7.29. The lowest BCUT2D eigenvalue weighted by molar-refractivity contribution is 0.496. The topological polar surface area (TPSA) is 94.3 Å². The van der Waals surface area contributed by atoms with Gasteiger partial charge in [-0.3, -0.25) is 14.4 Å². The van der Waals surface area contributed by atoms with E-state index in [0.29, 0.717) is 24.5 Å². The molecule has 2 aliphatic heterocycles. The number of rotatable bonds is 5. The van der Waals surface area contributed by atoms with Crippen molar-refractivity contribution in [3.63, 3.8) is 0 Å². The highest BCUT2D eigenvalue weighted by Gasteiger charge is 2.33. The molecule has 1 unspecified atom stereocenters. The highest BCUT2D eigenvalue weighted by atomic mass is 16.1. The van der Waals surface area contributed by atoms with Crippen LogP contribution in [0.3, 0.4) is 0 Å². The second-order valence-corrected chi connectivity index (χ2v) is 9.83. The maximum Gasteiger partial charge on any atom is 0.293 e. The van der Waals surface area contributed by atoms with Crippen molar-refractivity contribution < 1.29 is 0 Å². The van der Waals surface area contributed by atoms with Crippen molar-refractivity contribution in [2.45, 2.75) is 64.1 Å². The summed E-state index contributed by atoms with van der Waals surface area (Å²) in [6.45, 7) is 4.95. The quantitative estimate of drug-likeness (QED) is 0.580. The summed E-state index contributed by atoms with van der Waals surface area (Å²) in [5.74, 6) is 7.28. The molecule has 35 heavy (non-hydrogen) atoms. The number of benzene rings is 1. The van der Waals surface area contributed by atoms with Gasteiger partial charge in [0.1, 0.15) is 11.0 Å². The predicted molar refractivity (Wildman–Crippen MR) is 138 cm³/mol. The van der Waals surface area contributed by atoms with E-state index in [1.54, 1.807) is 4.68 Å². The van der Waals surface area contributed by atoms with E-state index in [0.717, 1.165) is 80.2 Å². The fraction of sp³-hybridized carbons (Fsp3) is 0.481. The lowest BCUT2D eigenvalue weighted by Crippen LogP contribution is -2.44. The zero-order valence-electron chi connectivity index (χ0n) is 20.2. The average Bonchev–Trinajstić information content (AvgIpc) is 3.64. The normalized spacial score (nSPS) is 19.8. The second kappa shape index (κ2) is 8.97. The summed E-state index contributed by atoms with van der Waals surface area (Å²) >= 11 is 0. The Morgan fingerprint density at radius 3 is 2.86 bits per heavy atom. The van der Waals surface area contributed by atoms with Crippen LogP contribution in [0.5, 0.6) is 0 Å². The number of imidazole rings is 1. The monoisotopic (exact) mass is 469 g/mol. The Morgan fingerprint density at radius 2 is 2.06 bits per heavy atom. The summed E-state index contributed by atoms with van der Waals surface area (Å²) in [5, 5.41) is 4.89. The maximum atomic E-state index is 13.9. The number of hydrogen-bond acceptors (Lipinski definition) is 6. The van der Waals surface area contributed by atoms with Gasteiger partial charge < -0.3 is 10.6 Å². The Morgan fingerprint density at radius 1 is 1.20 bits per heavy atom. The van der Waals surface area contributed by atoms with Crippen LogP contribution in [-0.2, 0) is 19.5 Å². The maximum absolute atomic E-state index is 13.9. The number of aromatic nitrogens is 4. The number of hydrogen-bond donors (Lipinski definition) is 1. The van der Waals surface area contributed by atoms with E-state index in [-0.39, 0.29) is 11.6 Å². The van der Waals surface area contributed by atoms with E-state index >= 15 is 0 Å². The minimum Gasteiger partial charge on any atom is -0.341 e. The molecule has 1 aromatic carbocycles. The van der Waals surface area contributed by atoms with Gasteiger partial charge in [-0.15, -0.1) is 5.92 Å². The van der Waals surface area contributed by atoms with Crippen LogP contribution >= 0.6 is 0 Å². The van der Waals surface area contributed by atoms with Gasteiger partial charge in [0.2, 0.25) is 5.95 Å². The smallest absolute Gasteiger partial charge is 0.293 e. The molecule has 0 bridgehead atoms. The van der Waals surface area contributed by atoms with Crippen LogP contribution in [0, 0.1) is 11.8 Å². The van der Waals surface area contributed by atoms with Gasteiger partial charge in [0.15, 0.2) is 0 Å². The van der Waals surface area contributed by atoms with E-state index in [1.165, 1.54) is 5.56 Å². The lowest BCUT2D eigenvalue weighted by atomic mass is 9.98. The molecule has 0 spiro atoms. The SMILES string of the molecule is CC#CCn1c(N2CCCC(N)C2)nc2c(C3CC3)nn(CC3=NCCc4ccccc43)c(=O)c21. The van der Waals surface area contributed by atoms with Crippen molar-refractivity contribution in [2.24, 2.45) is 10.7 Å². The van der Waals surface area contributed by atoms with Crippen molar-refractivity contribution in [3.8, 4) is 11.8 Å². The number of piperidine rings is 1. The van der Waals surface area contributed by atoms with Gasteiger partial charge in [-0.25, -0.2) is 9.67 Å². The minimum atomic E-state index is -0.131.